The third kappa shape index (κ3) is 18.4. The monoisotopic (exact) mass is 1170 g/mol. The molecule has 1 saturated heterocycles. The Kier molecular flexibility index (Phi) is 25.1. The van der Waals surface area contributed by atoms with Crippen LogP contribution in [0.4, 0.5) is 26.7 Å². The lowest BCUT2D eigenvalue weighted by molar-refractivity contribution is -0.154. The van der Waals surface area contributed by atoms with E-state index in [4.69, 9.17) is 15.6 Å². The number of aliphatic hydroxyl groups is 2. The number of nitrogens with one attached hydrogen (secondary N) is 7. The number of benzene rings is 3. The predicted octanol–water partition coefficient (Wildman–Crippen LogP) is 0.790. The maximum absolute atomic E-state index is 14.0. The van der Waals surface area contributed by atoms with E-state index in [9.17, 15) is 63.3 Å². The number of hydrogen-bond donors (Lipinski definition) is 12. The summed E-state index contributed by atoms with van der Waals surface area (Å²) in [6, 6.07) is 8.57. The number of amides is 9. The van der Waals surface area contributed by atoms with E-state index in [0.29, 0.717) is 30.9 Å². The van der Waals surface area contributed by atoms with Gasteiger partial charge in [0.2, 0.25) is 47.0 Å². The number of rotatable bonds is 31. The Balaban J connectivity index is 1.15. The van der Waals surface area contributed by atoms with Gasteiger partial charge in [-0.2, -0.15) is 11.8 Å². The highest BCUT2D eigenvalue weighted by molar-refractivity contribution is 7.99. The lowest BCUT2D eigenvalue weighted by Gasteiger charge is -2.41. The summed E-state index contributed by atoms with van der Waals surface area (Å²) in [5.74, 6) is -5.90. The quantitative estimate of drug-likeness (QED) is 0.0188. The van der Waals surface area contributed by atoms with Crippen LogP contribution in [0.3, 0.4) is 0 Å². The van der Waals surface area contributed by atoms with E-state index in [1.807, 2.05) is 0 Å². The minimum absolute atomic E-state index is 0.000623. The number of urea groups is 1. The Labute approximate surface area is 483 Å². The number of ketones is 2. The number of fused-ring (bicyclic) bond motifs is 2. The van der Waals surface area contributed by atoms with Crippen LogP contribution < -0.4 is 43.0 Å². The molecule has 2 atom stereocenters. The number of nitrogens with zero attached hydrogens (tertiary/aromatic N) is 4. The molecule has 5 rings (SSSR count). The van der Waals surface area contributed by atoms with Crippen molar-refractivity contribution in [1.29, 1.82) is 0 Å². The van der Waals surface area contributed by atoms with Gasteiger partial charge in [-0.05, 0) is 72.9 Å². The minimum atomic E-state index is -1.16. The number of carbonyl (C=O) groups is 10. The van der Waals surface area contributed by atoms with E-state index in [-0.39, 0.29) is 130 Å². The minimum Gasteiger partial charge on any atom is -0.507 e. The molecule has 448 valence electrons. The number of anilines is 3. The largest absolute Gasteiger partial charge is 0.507 e. The van der Waals surface area contributed by atoms with E-state index in [1.165, 1.54) is 31.7 Å². The zero-order valence-corrected chi connectivity index (χ0v) is 47.0. The molecule has 9 amide bonds. The Bertz CT molecular complexity index is 2860. The highest BCUT2D eigenvalue weighted by Gasteiger charge is 2.38. The maximum Gasteiger partial charge on any atom is 0.410 e. The molecule has 28 heteroatoms. The molecule has 0 radical (unpaired) electrons. The summed E-state index contributed by atoms with van der Waals surface area (Å²) in [7, 11) is 0. The van der Waals surface area contributed by atoms with E-state index < -0.39 is 89.3 Å². The van der Waals surface area contributed by atoms with Gasteiger partial charge in [0.05, 0.1) is 61.2 Å². The molecule has 1 heterocycles. The molecule has 0 spiro atoms. The number of hydrogen-bond acceptors (Lipinski definition) is 19. The van der Waals surface area contributed by atoms with Crippen LogP contribution in [0, 0.1) is 5.92 Å². The second-order valence-electron chi connectivity index (χ2n) is 19.3. The normalized spacial score (nSPS) is 13.4. The van der Waals surface area contributed by atoms with Gasteiger partial charge in [-0.3, -0.25) is 38.4 Å². The molecule has 3 aromatic carbocycles. The van der Waals surface area contributed by atoms with Gasteiger partial charge < -0.3 is 87.7 Å². The zero-order chi connectivity index (χ0) is 60.8. The molecule has 0 bridgehead atoms. The fourth-order valence-corrected chi connectivity index (χ4v) is 9.50. The van der Waals surface area contributed by atoms with Crippen molar-refractivity contribution < 1.29 is 73.1 Å². The third-order valence-corrected chi connectivity index (χ3v) is 14.0. The fourth-order valence-electron chi connectivity index (χ4n) is 8.77. The molecule has 2 aliphatic rings. The van der Waals surface area contributed by atoms with Crippen molar-refractivity contribution in [2.45, 2.75) is 51.8 Å². The van der Waals surface area contributed by atoms with Crippen molar-refractivity contribution in [2.24, 2.45) is 11.7 Å². The van der Waals surface area contributed by atoms with Crippen molar-refractivity contribution in [3.63, 3.8) is 0 Å². The highest BCUT2D eigenvalue weighted by Crippen LogP contribution is 2.42. The van der Waals surface area contributed by atoms with Gasteiger partial charge in [0.1, 0.15) is 30.2 Å². The Morgan fingerprint density at radius 1 is 0.723 bits per heavy atom. The smallest absolute Gasteiger partial charge is 0.410 e. The molecule has 83 heavy (non-hydrogen) atoms. The summed E-state index contributed by atoms with van der Waals surface area (Å²) in [5.41, 5.74) is 5.68. The number of aliphatic hydroxyl groups excluding tert-OH is 2. The number of nitrogens with two attached hydrogens (primary N) is 1. The lowest BCUT2D eigenvalue weighted by Crippen LogP contribution is -2.59. The van der Waals surface area contributed by atoms with Gasteiger partial charge in [0.25, 0.3) is 0 Å². The van der Waals surface area contributed by atoms with Gasteiger partial charge >= 0.3 is 12.1 Å². The molecule has 3 aromatic rings. The molecule has 1 fully saturated rings. The molecular weight excluding hydrogens is 1100 g/mol. The van der Waals surface area contributed by atoms with Crippen LogP contribution in [0.2, 0.25) is 0 Å². The van der Waals surface area contributed by atoms with Gasteiger partial charge in [-0.25, -0.2) is 9.59 Å². The molecule has 0 aromatic heterocycles. The van der Waals surface area contributed by atoms with Crippen molar-refractivity contribution in [2.75, 3.05) is 106 Å². The Hall–Kier alpha value is -8.73. The molecule has 0 unspecified atom stereocenters. The van der Waals surface area contributed by atoms with Crippen LogP contribution in [0.25, 0.3) is 0 Å². The van der Waals surface area contributed by atoms with Crippen LogP contribution in [0.5, 0.6) is 11.5 Å². The summed E-state index contributed by atoms with van der Waals surface area (Å²) in [4.78, 5) is 136. The SMILES string of the molecule is C=CC(=O)N1CN(C(=O)C=C)CN(C(=O)CCSCC(=O)N[C@H](C(=O)N[C@@H](CCCNC(N)=O)C(=O)Nc2ccc(COC(=O)N(CCO)CCNc3ccc(NCCNCCO)c4c3C(=O)c3c(O)ccc(O)c3C4=O)cc2)C(C)C)C1. The molecule has 27 nitrogen and oxygen atoms in total. The Morgan fingerprint density at radius 2 is 1.31 bits per heavy atom. The van der Waals surface area contributed by atoms with Crippen LogP contribution in [0.1, 0.15) is 70.5 Å². The molecule has 13 N–H and O–H groups in total. The summed E-state index contributed by atoms with van der Waals surface area (Å²) < 4.78 is 5.56. The van der Waals surface area contributed by atoms with E-state index >= 15 is 0 Å². The van der Waals surface area contributed by atoms with Gasteiger partial charge in [-0.15, -0.1) is 0 Å². The summed E-state index contributed by atoms with van der Waals surface area (Å²) in [6.07, 6.45) is 1.60. The number of aromatic hydroxyl groups is 2. The average molecular weight is 1170 g/mol. The van der Waals surface area contributed by atoms with Crippen LogP contribution >= 0.6 is 11.8 Å². The number of carbonyl (C=O) groups excluding carboxylic acids is 10. The molecule has 0 saturated carbocycles. The van der Waals surface area contributed by atoms with Gasteiger partial charge in [-0.1, -0.05) is 39.1 Å². The van der Waals surface area contributed by atoms with Crippen LogP contribution in [-0.2, 0) is 40.1 Å². The topological polar surface area (TPSA) is 384 Å². The van der Waals surface area contributed by atoms with E-state index in [1.54, 1.807) is 38.1 Å². The molecule has 1 aliphatic carbocycles. The summed E-state index contributed by atoms with van der Waals surface area (Å²) in [6.45, 7) is 10.4. The van der Waals surface area contributed by atoms with Crippen molar-refractivity contribution in [3.8, 4) is 11.5 Å². The predicted molar refractivity (Wildman–Crippen MR) is 307 cm³/mol. The van der Waals surface area contributed by atoms with Crippen molar-refractivity contribution in [1.82, 2.24) is 40.9 Å². The van der Waals surface area contributed by atoms with Crippen LogP contribution in [0.15, 0.2) is 73.8 Å². The summed E-state index contributed by atoms with van der Waals surface area (Å²) >= 11 is 1.13. The number of ether oxygens (including phenoxy) is 1. The first-order valence-corrected chi connectivity index (χ1v) is 27.7. The second kappa shape index (κ2) is 32.1. The first kappa shape index (κ1) is 65.1. The number of thioether (sulfide) groups is 1. The molecular formula is C55H72N12O15S. The standard InChI is InChI=1S/C55H72N12O15S/c1-5-42(73)65-30-66(43(74)6-2)32-67(31-65)44(75)17-27-83-29-41(72)63-49(33(3)4)53(79)62-38(8-7-18-60-54(56)80)52(78)61-35-11-9-34(10-12-35)28-82-55(81)64(24-26-69)23-21-59-37-14-13-36(58-20-19-57-22-25-68)45-46(37)51(77)48-40(71)16-15-39(70)47(48)50(45)76/h5-6,9-16,33,38,49,57-59,68-71H,1-2,7-8,17-32H2,3-4H3,(H,61,78)(H,62,79)(H,63,72)(H3,56,60,80)/t38-,49-/m0/s1. The highest BCUT2D eigenvalue weighted by atomic mass is 32.2. The van der Waals surface area contributed by atoms with E-state index in [2.05, 4.69) is 50.4 Å². The lowest BCUT2D eigenvalue weighted by atomic mass is 9.81. The van der Waals surface area contributed by atoms with Gasteiger partial charge in [0, 0.05) is 75.0 Å². The summed E-state index contributed by atoms with van der Waals surface area (Å²) in [5, 5.41) is 60.0. The second-order valence-corrected chi connectivity index (χ2v) is 20.4. The van der Waals surface area contributed by atoms with Gasteiger partial charge in [0.15, 0.2) is 0 Å². The zero-order valence-electron chi connectivity index (χ0n) is 46.2. The first-order chi connectivity index (χ1) is 39.7. The number of phenolic OH excluding ortho intramolecular Hbond substituents is 2. The van der Waals surface area contributed by atoms with Crippen molar-refractivity contribution in [3.05, 3.63) is 102 Å². The maximum atomic E-state index is 14.0. The fraction of sp³-hybridized carbons (Fsp3) is 0.418. The average Bonchev–Trinajstić information content (AvgIpc) is 3.01. The first-order valence-electron chi connectivity index (χ1n) is 26.6. The third-order valence-electron chi connectivity index (χ3n) is 13.0. The van der Waals surface area contributed by atoms with Crippen LogP contribution in [-0.4, -0.2) is 202 Å². The van der Waals surface area contributed by atoms with Crippen molar-refractivity contribution >= 4 is 88.0 Å². The molecule has 1 aliphatic heterocycles. The number of phenols is 2. The number of primary amides is 1. The van der Waals surface area contributed by atoms with E-state index in [0.717, 1.165) is 36.0 Å². The Morgan fingerprint density at radius 3 is 1.87 bits per heavy atom.